The number of nitrogens with one attached hydrogen (secondary N) is 1. The lowest BCUT2D eigenvalue weighted by molar-refractivity contribution is 0.596. The summed E-state index contributed by atoms with van der Waals surface area (Å²) in [6.45, 7) is 0. The van der Waals surface area contributed by atoms with Crippen LogP contribution in [0.4, 0.5) is 19.6 Å². The summed E-state index contributed by atoms with van der Waals surface area (Å²) in [5, 5.41) is 4.06. The highest BCUT2D eigenvalue weighted by Crippen LogP contribution is 2.33. The van der Waals surface area contributed by atoms with Crippen molar-refractivity contribution in [1.82, 2.24) is 4.98 Å². The molecule has 0 amide bonds. The van der Waals surface area contributed by atoms with Gasteiger partial charge in [0.25, 0.3) is 0 Å². The number of aromatic nitrogens is 1. The van der Waals surface area contributed by atoms with Crippen molar-refractivity contribution in [3.05, 3.63) is 65.3 Å². The molecule has 3 aromatic rings. The molecule has 2 nitrogen and oxygen atoms in total. The van der Waals surface area contributed by atoms with Crippen molar-refractivity contribution >= 4 is 33.8 Å². The van der Waals surface area contributed by atoms with Crippen LogP contribution in [-0.2, 0) is 0 Å². The fraction of sp³-hybridized carbons (Fsp3) is 0. The van der Waals surface area contributed by atoms with Crippen molar-refractivity contribution < 1.29 is 8.78 Å². The van der Waals surface area contributed by atoms with Crippen molar-refractivity contribution in [3.63, 3.8) is 0 Å². The Morgan fingerprint density at radius 2 is 1.62 bits per heavy atom. The third-order valence-corrected chi connectivity index (χ3v) is 4.03. The number of anilines is 2. The van der Waals surface area contributed by atoms with E-state index in [0.717, 1.165) is 17.0 Å². The molecule has 0 saturated carbocycles. The van der Waals surface area contributed by atoms with Crippen LogP contribution >= 0.6 is 22.9 Å². The van der Waals surface area contributed by atoms with Crippen LogP contribution in [0.1, 0.15) is 0 Å². The summed E-state index contributed by atoms with van der Waals surface area (Å²) >= 11 is 6.97. The van der Waals surface area contributed by atoms with Gasteiger partial charge in [-0.25, -0.2) is 4.39 Å². The Bertz CT molecular complexity index is 754. The van der Waals surface area contributed by atoms with Gasteiger partial charge >= 0.3 is 0 Å². The Balaban J connectivity index is 1.87. The minimum Gasteiger partial charge on any atom is -0.331 e. The molecular weight excluding hydrogens is 314 g/mol. The quantitative estimate of drug-likeness (QED) is 0.690. The minimum atomic E-state index is -0.580. The number of hydrogen-bond acceptors (Lipinski definition) is 3. The summed E-state index contributed by atoms with van der Waals surface area (Å²) in [7, 11) is 0. The van der Waals surface area contributed by atoms with Gasteiger partial charge in [-0.1, -0.05) is 35.1 Å². The standard InChI is InChI=1S/C15H9ClF2N2S/c16-10-3-7-12(8-4-10)19-15-20-14(18)13(21-15)9-1-5-11(17)6-2-9/h1-8H,(H,19,20). The molecule has 0 bridgehead atoms. The molecule has 1 aromatic heterocycles. The van der Waals surface area contributed by atoms with E-state index in [1.54, 1.807) is 24.3 Å². The van der Waals surface area contributed by atoms with Crippen LogP contribution in [0.5, 0.6) is 0 Å². The van der Waals surface area contributed by atoms with Gasteiger partial charge in [0.2, 0.25) is 5.95 Å². The summed E-state index contributed by atoms with van der Waals surface area (Å²) in [5.74, 6) is -0.939. The molecule has 1 N–H and O–H groups in total. The second-order valence-corrected chi connectivity index (χ2v) is 5.71. The third-order valence-electron chi connectivity index (χ3n) is 2.79. The molecule has 2 aromatic carbocycles. The first kappa shape index (κ1) is 14.0. The molecule has 0 unspecified atom stereocenters. The monoisotopic (exact) mass is 322 g/mol. The lowest BCUT2D eigenvalue weighted by Crippen LogP contribution is -1.88. The van der Waals surface area contributed by atoms with Crippen molar-refractivity contribution in [2.24, 2.45) is 0 Å². The first-order valence-electron chi connectivity index (χ1n) is 6.07. The van der Waals surface area contributed by atoms with Crippen LogP contribution in [0.25, 0.3) is 10.4 Å². The predicted molar refractivity (Wildman–Crippen MR) is 82.2 cm³/mol. The van der Waals surface area contributed by atoms with Gasteiger partial charge in [0, 0.05) is 10.7 Å². The Hall–Kier alpha value is -1.98. The van der Waals surface area contributed by atoms with Gasteiger partial charge in [-0.15, -0.1) is 0 Å². The zero-order valence-corrected chi connectivity index (χ0v) is 12.2. The molecule has 0 atom stereocenters. The minimum absolute atomic E-state index is 0.358. The maximum absolute atomic E-state index is 13.9. The first-order chi connectivity index (χ1) is 10.1. The van der Waals surface area contributed by atoms with Gasteiger partial charge in [0.15, 0.2) is 5.13 Å². The van der Waals surface area contributed by atoms with Crippen LogP contribution in [0.2, 0.25) is 5.02 Å². The molecule has 0 saturated heterocycles. The third kappa shape index (κ3) is 3.20. The molecule has 0 aliphatic carbocycles. The molecule has 106 valence electrons. The van der Waals surface area contributed by atoms with Crippen molar-refractivity contribution in [2.75, 3.05) is 5.32 Å². The zero-order valence-electron chi connectivity index (χ0n) is 10.6. The van der Waals surface area contributed by atoms with Gasteiger partial charge < -0.3 is 5.32 Å². The van der Waals surface area contributed by atoms with Crippen LogP contribution in [-0.4, -0.2) is 4.98 Å². The Labute approximate surface area is 129 Å². The van der Waals surface area contributed by atoms with E-state index in [0.29, 0.717) is 20.6 Å². The van der Waals surface area contributed by atoms with Gasteiger partial charge in [0.05, 0.1) is 4.88 Å². The molecule has 0 fully saturated rings. The fourth-order valence-electron chi connectivity index (χ4n) is 1.79. The zero-order chi connectivity index (χ0) is 14.8. The summed E-state index contributed by atoms with van der Waals surface area (Å²) in [4.78, 5) is 4.21. The largest absolute Gasteiger partial charge is 0.331 e. The highest BCUT2D eigenvalue weighted by Gasteiger charge is 2.13. The molecule has 3 rings (SSSR count). The van der Waals surface area contributed by atoms with Crippen LogP contribution < -0.4 is 5.32 Å². The predicted octanol–water partition coefficient (Wildman–Crippen LogP) is 5.49. The molecule has 6 heteroatoms. The van der Waals surface area contributed by atoms with E-state index in [9.17, 15) is 8.78 Å². The van der Waals surface area contributed by atoms with Crippen LogP contribution in [0.3, 0.4) is 0 Å². The smallest absolute Gasteiger partial charge is 0.233 e. The lowest BCUT2D eigenvalue weighted by Gasteiger charge is -2.01. The van der Waals surface area contributed by atoms with Crippen molar-refractivity contribution in [3.8, 4) is 10.4 Å². The van der Waals surface area contributed by atoms with E-state index in [1.807, 2.05) is 0 Å². The second-order valence-electron chi connectivity index (χ2n) is 4.28. The van der Waals surface area contributed by atoms with E-state index in [2.05, 4.69) is 10.3 Å². The molecule has 21 heavy (non-hydrogen) atoms. The second kappa shape index (κ2) is 5.79. The lowest BCUT2D eigenvalue weighted by atomic mass is 10.2. The molecule has 0 radical (unpaired) electrons. The summed E-state index contributed by atoms with van der Waals surface area (Å²) in [6, 6.07) is 12.7. The van der Waals surface area contributed by atoms with Crippen LogP contribution in [0.15, 0.2) is 48.5 Å². The van der Waals surface area contributed by atoms with E-state index >= 15 is 0 Å². The maximum Gasteiger partial charge on any atom is 0.233 e. The van der Waals surface area contributed by atoms with E-state index < -0.39 is 5.95 Å². The van der Waals surface area contributed by atoms with E-state index in [4.69, 9.17) is 11.6 Å². The number of thiazole rings is 1. The van der Waals surface area contributed by atoms with Gasteiger partial charge in [0.1, 0.15) is 5.82 Å². The molecule has 0 aliphatic rings. The average molecular weight is 323 g/mol. The first-order valence-corrected chi connectivity index (χ1v) is 7.26. The summed E-state index contributed by atoms with van der Waals surface area (Å²) < 4.78 is 26.8. The van der Waals surface area contributed by atoms with Crippen LogP contribution in [0, 0.1) is 11.8 Å². The topological polar surface area (TPSA) is 24.9 Å². The van der Waals surface area contributed by atoms with Gasteiger partial charge in [-0.2, -0.15) is 9.37 Å². The normalized spacial score (nSPS) is 10.6. The number of hydrogen-bond donors (Lipinski definition) is 1. The average Bonchev–Trinajstić information content (AvgIpc) is 2.83. The van der Waals surface area contributed by atoms with E-state index in [-0.39, 0.29) is 5.82 Å². The molecular formula is C15H9ClF2N2S. The SMILES string of the molecule is Fc1ccc(-c2sc(Nc3ccc(Cl)cc3)nc2F)cc1. The highest BCUT2D eigenvalue weighted by atomic mass is 35.5. The fourth-order valence-corrected chi connectivity index (χ4v) is 2.79. The Kier molecular flexibility index (Phi) is 3.86. The maximum atomic E-state index is 13.9. The number of rotatable bonds is 3. The molecule has 0 spiro atoms. The summed E-state index contributed by atoms with van der Waals surface area (Å²) in [6.07, 6.45) is 0. The van der Waals surface area contributed by atoms with Crippen molar-refractivity contribution in [1.29, 1.82) is 0 Å². The number of halogens is 3. The molecule has 1 heterocycles. The highest BCUT2D eigenvalue weighted by molar-refractivity contribution is 7.19. The van der Waals surface area contributed by atoms with E-state index in [1.165, 1.54) is 24.3 Å². The summed E-state index contributed by atoms with van der Waals surface area (Å²) in [5.41, 5.74) is 1.36. The van der Waals surface area contributed by atoms with Gasteiger partial charge in [-0.3, -0.25) is 0 Å². The Morgan fingerprint density at radius 1 is 0.952 bits per heavy atom. The van der Waals surface area contributed by atoms with Crippen molar-refractivity contribution in [2.45, 2.75) is 0 Å². The number of benzene rings is 2. The number of nitrogens with zero attached hydrogens (tertiary/aromatic N) is 1. The molecule has 0 aliphatic heterocycles. The Morgan fingerprint density at radius 3 is 2.29 bits per heavy atom. The van der Waals surface area contributed by atoms with Gasteiger partial charge in [-0.05, 0) is 42.0 Å².